The molecule has 0 aliphatic rings. The van der Waals surface area contributed by atoms with Gasteiger partial charge in [0.25, 0.3) is 0 Å². The van der Waals surface area contributed by atoms with Crippen LogP contribution in [0.2, 0.25) is 5.02 Å². The molecule has 0 fully saturated rings. The van der Waals surface area contributed by atoms with Crippen molar-refractivity contribution in [3.63, 3.8) is 0 Å². The van der Waals surface area contributed by atoms with Gasteiger partial charge in [-0.2, -0.15) is 0 Å². The lowest BCUT2D eigenvalue weighted by Gasteiger charge is -2.02. The summed E-state index contributed by atoms with van der Waals surface area (Å²) in [6.45, 7) is 2.01. The van der Waals surface area contributed by atoms with Gasteiger partial charge < -0.3 is 5.32 Å². The Morgan fingerprint density at radius 1 is 1.29 bits per heavy atom. The highest BCUT2D eigenvalue weighted by molar-refractivity contribution is 7.22. The Hall–Kier alpha value is -1.91. The second-order valence-electron chi connectivity index (χ2n) is 4.82. The minimum atomic E-state index is -0.0734. The van der Waals surface area contributed by atoms with Crippen molar-refractivity contribution in [3.8, 4) is 0 Å². The lowest BCUT2D eigenvalue weighted by molar-refractivity contribution is -0.115. The summed E-state index contributed by atoms with van der Waals surface area (Å²) in [5.41, 5.74) is 2.87. The highest BCUT2D eigenvalue weighted by Crippen LogP contribution is 2.30. The molecule has 1 amide bonds. The normalized spacial score (nSPS) is 10.8. The van der Waals surface area contributed by atoms with Crippen LogP contribution in [0, 0.1) is 6.92 Å². The van der Waals surface area contributed by atoms with Gasteiger partial charge in [-0.1, -0.05) is 58.8 Å². The third kappa shape index (κ3) is 3.23. The minimum Gasteiger partial charge on any atom is -0.302 e. The van der Waals surface area contributed by atoms with Crippen LogP contribution in [0.15, 0.2) is 42.5 Å². The van der Waals surface area contributed by atoms with E-state index in [0.29, 0.717) is 16.6 Å². The van der Waals surface area contributed by atoms with Gasteiger partial charge in [-0.15, -0.1) is 0 Å². The zero-order valence-corrected chi connectivity index (χ0v) is 13.0. The number of amides is 1. The van der Waals surface area contributed by atoms with Crippen LogP contribution < -0.4 is 5.32 Å². The molecule has 0 saturated carbocycles. The zero-order valence-electron chi connectivity index (χ0n) is 11.4. The van der Waals surface area contributed by atoms with Crippen molar-refractivity contribution in [3.05, 3.63) is 58.6 Å². The summed E-state index contributed by atoms with van der Waals surface area (Å²) in [7, 11) is 0. The van der Waals surface area contributed by atoms with Crippen molar-refractivity contribution < 1.29 is 4.79 Å². The molecule has 0 aliphatic carbocycles. The quantitative estimate of drug-likeness (QED) is 0.776. The number of nitrogens with one attached hydrogen (secondary N) is 1. The number of hydrogen-bond donors (Lipinski definition) is 1. The smallest absolute Gasteiger partial charge is 0.230 e. The molecule has 1 aromatic heterocycles. The number of aryl methyl sites for hydroxylation is 1. The first-order chi connectivity index (χ1) is 10.1. The SMILES string of the molecule is Cc1cccc(CC(=O)Nc2nc3c(Cl)cccc3s2)c1. The van der Waals surface area contributed by atoms with E-state index in [1.807, 2.05) is 43.3 Å². The zero-order chi connectivity index (χ0) is 14.8. The van der Waals surface area contributed by atoms with E-state index in [4.69, 9.17) is 11.6 Å². The minimum absolute atomic E-state index is 0.0734. The molecule has 21 heavy (non-hydrogen) atoms. The van der Waals surface area contributed by atoms with E-state index in [2.05, 4.69) is 10.3 Å². The Morgan fingerprint density at radius 2 is 2.10 bits per heavy atom. The Morgan fingerprint density at radius 3 is 2.86 bits per heavy atom. The van der Waals surface area contributed by atoms with Crippen molar-refractivity contribution in [2.45, 2.75) is 13.3 Å². The maximum Gasteiger partial charge on any atom is 0.230 e. The molecule has 0 atom stereocenters. The molecular formula is C16H13ClN2OS. The van der Waals surface area contributed by atoms with E-state index in [-0.39, 0.29) is 5.91 Å². The summed E-state index contributed by atoms with van der Waals surface area (Å²) in [6, 6.07) is 13.5. The van der Waals surface area contributed by atoms with Crippen molar-refractivity contribution >= 4 is 44.2 Å². The Labute approximate surface area is 131 Å². The van der Waals surface area contributed by atoms with Crippen LogP contribution in [-0.4, -0.2) is 10.9 Å². The number of nitrogens with zero attached hydrogens (tertiary/aromatic N) is 1. The number of anilines is 1. The lowest BCUT2D eigenvalue weighted by Crippen LogP contribution is -2.14. The maximum absolute atomic E-state index is 12.1. The molecule has 3 rings (SSSR count). The van der Waals surface area contributed by atoms with Gasteiger partial charge in [0.15, 0.2) is 5.13 Å². The summed E-state index contributed by atoms with van der Waals surface area (Å²) >= 11 is 7.51. The van der Waals surface area contributed by atoms with Crippen LogP contribution in [0.1, 0.15) is 11.1 Å². The molecule has 0 unspecified atom stereocenters. The number of halogens is 1. The van der Waals surface area contributed by atoms with Crippen LogP contribution >= 0.6 is 22.9 Å². The van der Waals surface area contributed by atoms with Crippen LogP contribution in [0.3, 0.4) is 0 Å². The van der Waals surface area contributed by atoms with Crippen molar-refractivity contribution in [1.82, 2.24) is 4.98 Å². The average Bonchev–Trinajstić information content (AvgIpc) is 2.82. The number of thiazole rings is 1. The van der Waals surface area contributed by atoms with Crippen LogP contribution in [0.25, 0.3) is 10.2 Å². The molecule has 3 aromatic rings. The van der Waals surface area contributed by atoms with Gasteiger partial charge in [-0.25, -0.2) is 4.98 Å². The predicted molar refractivity (Wildman–Crippen MR) is 88.1 cm³/mol. The molecule has 0 saturated heterocycles. The largest absolute Gasteiger partial charge is 0.302 e. The molecule has 3 nitrogen and oxygen atoms in total. The van der Waals surface area contributed by atoms with E-state index < -0.39 is 0 Å². The number of carbonyl (C=O) groups excluding carboxylic acids is 1. The van der Waals surface area contributed by atoms with Crippen LogP contribution in [0.5, 0.6) is 0 Å². The molecule has 2 aromatic carbocycles. The third-order valence-corrected chi connectivity index (χ3v) is 4.30. The Balaban J connectivity index is 1.75. The molecule has 106 valence electrons. The summed E-state index contributed by atoms with van der Waals surface area (Å²) in [5, 5.41) is 4.02. The second-order valence-corrected chi connectivity index (χ2v) is 6.26. The second kappa shape index (κ2) is 5.84. The van der Waals surface area contributed by atoms with Crippen LogP contribution in [0.4, 0.5) is 5.13 Å². The summed E-state index contributed by atoms with van der Waals surface area (Å²) < 4.78 is 0.966. The fourth-order valence-corrected chi connectivity index (χ4v) is 3.32. The fraction of sp³-hybridized carbons (Fsp3) is 0.125. The van der Waals surface area contributed by atoms with Gasteiger partial charge in [0.05, 0.1) is 16.1 Å². The molecule has 0 bridgehead atoms. The van der Waals surface area contributed by atoms with E-state index >= 15 is 0 Å². The maximum atomic E-state index is 12.1. The summed E-state index contributed by atoms with van der Waals surface area (Å²) in [6.07, 6.45) is 0.339. The number of para-hydroxylation sites is 1. The first-order valence-electron chi connectivity index (χ1n) is 6.52. The molecule has 0 aliphatic heterocycles. The molecule has 0 spiro atoms. The predicted octanol–water partition coefficient (Wildman–Crippen LogP) is 4.44. The monoisotopic (exact) mass is 316 g/mol. The van der Waals surface area contributed by atoms with E-state index in [9.17, 15) is 4.79 Å². The van der Waals surface area contributed by atoms with Crippen molar-refractivity contribution in [2.75, 3.05) is 5.32 Å². The van der Waals surface area contributed by atoms with Gasteiger partial charge in [0, 0.05) is 0 Å². The van der Waals surface area contributed by atoms with E-state index in [1.165, 1.54) is 11.3 Å². The summed E-state index contributed by atoms with van der Waals surface area (Å²) in [5.74, 6) is -0.0734. The standard InChI is InChI=1S/C16H13ClN2OS/c1-10-4-2-5-11(8-10)9-14(20)18-16-19-15-12(17)6-3-7-13(15)21-16/h2-8H,9H2,1H3,(H,18,19,20). The first kappa shape index (κ1) is 14.0. The first-order valence-corrected chi connectivity index (χ1v) is 7.72. The molecule has 0 radical (unpaired) electrons. The molecule has 1 N–H and O–H groups in total. The van der Waals surface area contributed by atoms with Gasteiger partial charge >= 0.3 is 0 Å². The van der Waals surface area contributed by atoms with Gasteiger partial charge in [-0.3, -0.25) is 4.79 Å². The van der Waals surface area contributed by atoms with Gasteiger partial charge in [0.2, 0.25) is 5.91 Å². The number of hydrogen-bond acceptors (Lipinski definition) is 3. The lowest BCUT2D eigenvalue weighted by atomic mass is 10.1. The average molecular weight is 317 g/mol. The highest BCUT2D eigenvalue weighted by Gasteiger charge is 2.10. The third-order valence-electron chi connectivity index (χ3n) is 3.06. The van der Waals surface area contributed by atoms with Gasteiger partial charge in [0.1, 0.15) is 5.52 Å². The number of aromatic nitrogens is 1. The number of fused-ring (bicyclic) bond motifs is 1. The molecule has 1 heterocycles. The highest BCUT2D eigenvalue weighted by atomic mass is 35.5. The Bertz CT molecular complexity index is 813. The van der Waals surface area contributed by atoms with Crippen LogP contribution in [-0.2, 0) is 11.2 Å². The summed E-state index contributed by atoms with van der Waals surface area (Å²) in [4.78, 5) is 16.4. The molecule has 5 heteroatoms. The number of carbonyl (C=O) groups is 1. The van der Waals surface area contributed by atoms with E-state index in [1.54, 1.807) is 6.07 Å². The topological polar surface area (TPSA) is 42.0 Å². The van der Waals surface area contributed by atoms with Crippen molar-refractivity contribution in [2.24, 2.45) is 0 Å². The number of benzene rings is 2. The van der Waals surface area contributed by atoms with Crippen molar-refractivity contribution in [1.29, 1.82) is 0 Å². The number of rotatable bonds is 3. The van der Waals surface area contributed by atoms with Gasteiger partial charge in [-0.05, 0) is 24.6 Å². The fourth-order valence-electron chi connectivity index (χ4n) is 2.14. The Kier molecular flexibility index (Phi) is 3.90. The van der Waals surface area contributed by atoms with E-state index in [0.717, 1.165) is 21.3 Å². The molecular weight excluding hydrogens is 304 g/mol.